The number of benzene rings is 3. The van der Waals surface area contributed by atoms with Gasteiger partial charge in [-0.1, -0.05) is 42.5 Å². The molecule has 0 radical (unpaired) electrons. The van der Waals surface area contributed by atoms with Crippen LogP contribution < -0.4 is 16.5 Å². The lowest BCUT2D eigenvalue weighted by atomic mass is 10.1. The van der Waals surface area contributed by atoms with Gasteiger partial charge in [-0.25, -0.2) is 0 Å². The Hall–Kier alpha value is -3.44. The molecule has 0 aliphatic heterocycles. The van der Waals surface area contributed by atoms with E-state index < -0.39 is 0 Å². The molecule has 0 unspecified atom stereocenters. The van der Waals surface area contributed by atoms with Crippen LogP contribution in [0.1, 0.15) is 12.0 Å². The topological polar surface area (TPSA) is 77.1 Å². The van der Waals surface area contributed by atoms with E-state index in [1.54, 1.807) is 6.07 Å². The van der Waals surface area contributed by atoms with E-state index in [2.05, 4.69) is 22.0 Å². The van der Waals surface area contributed by atoms with Gasteiger partial charge in [-0.15, -0.1) is 0 Å². The number of nitrogens with one attached hydrogen (secondary N) is 1. The fourth-order valence-corrected chi connectivity index (χ4v) is 3.50. The first kappa shape index (κ1) is 17.9. The van der Waals surface area contributed by atoms with Crippen LogP contribution in [-0.2, 0) is 11.3 Å². The van der Waals surface area contributed by atoms with Crippen molar-refractivity contribution >= 4 is 33.4 Å². The van der Waals surface area contributed by atoms with Crippen LogP contribution in [0.5, 0.6) is 0 Å². The summed E-state index contributed by atoms with van der Waals surface area (Å²) >= 11 is 0. The van der Waals surface area contributed by atoms with E-state index in [0.717, 1.165) is 16.6 Å². The molecule has 140 valence electrons. The summed E-state index contributed by atoms with van der Waals surface area (Å²) in [5.74, 6) is -0.160. The van der Waals surface area contributed by atoms with Gasteiger partial charge in [0.1, 0.15) is 0 Å². The molecule has 0 aliphatic rings. The minimum absolute atomic E-state index is 0.0372. The first-order chi connectivity index (χ1) is 13.7. The van der Waals surface area contributed by atoms with Gasteiger partial charge in [0.15, 0.2) is 5.43 Å². The molecule has 4 aromatic rings. The van der Waals surface area contributed by atoms with Gasteiger partial charge in [0.2, 0.25) is 5.91 Å². The molecule has 0 aliphatic carbocycles. The second kappa shape index (κ2) is 7.66. The lowest BCUT2D eigenvalue weighted by Gasteiger charge is -2.16. The highest BCUT2D eigenvalue weighted by molar-refractivity contribution is 5.97. The van der Waals surface area contributed by atoms with Gasteiger partial charge in [0.25, 0.3) is 0 Å². The monoisotopic (exact) mass is 371 g/mol. The molecule has 0 saturated carbocycles. The molecule has 1 heterocycles. The first-order valence-electron chi connectivity index (χ1n) is 9.26. The Kier molecular flexibility index (Phi) is 4.91. The van der Waals surface area contributed by atoms with E-state index in [9.17, 15) is 9.59 Å². The predicted molar refractivity (Wildman–Crippen MR) is 114 cm³/mol. The number of para-hydroxylation sites is 1. The van der Waals surface area contributed by atoms with E-state index in [1.807, 2.05) is 54.6 Å². The Morgan fingerprint density at radius 2 is 1.61 bits per heavy atom. The average molecular weight is 371 g/mol. The molecule has 3 N–H and O–H groups in total. The summed E-state index contributed by atoms with van der Waals surface area (Å²) in [6.07, 6.45) is 0.244. The molecular formula is C23H21N3O2. The summed E-state index contributed by atoms with van der Waals surface area (Å²) in [6.45, 7) is 0.935. The van der Waals surface area contributed by atoms with Gasteiger partial charge in [-0.3, -0.25) is 9.59 Å². The third-order valence-corrected chi connectivity index (χ3v) is 4.81. The Bertz CT molecular complexity index is 1210. The van der Waals surface area contributed by atoms with Crippen molar-refractivity contribution in [1.82, 2.24) is 4.57 Å². The fraction of sp³-hybridized carbons (Fsp3) is 0.130. The van der Waals surface area contributed by atoms with Crippen molar-refractivity contribution in [3.63, 3.8) is 0 Å². The Labute approximate surface area is 162 Å². The number of carbonyl (C=O) groups excluding carboxylic acids is 1. The van der Waals surface area contributed by atoms with Gasteiger partial charge in [0.05, 0.1) is 11.0 Å². The number of amides is 1. The summed E-state index contributed by atoms with van der Waals surface area (Å²) in [5.41, 5.74) is 8.88. The molecule has 5 heteroatoms. The number of hydrogen-bond donors (Lipinski definition) is 2. The maximum Gasteiger partial charge on any atom is 0.225 e. The Balaban J connectivity index is 1.91. The average Bonchev–Trinajstić information content (AvgIpc) is 2.72. The summed E-state index contributed by atoms with van der Waals surface area (Å²) in [6, 6.07) is 23.2. The molecule has 0 fully saturated rings. The van der Waals surface area contributed by atoms with E-state index in [1.165, 1.54) is 0 Å². The molecule has 4 rings (SSSR count). The number of pyridine rings is 1. The zero-order valence-corrected chi connectivity index (χ0v) is 15.4. The van der Waals surface area contributed by atoms with Crippen molar-refractivity contribution in [3.8, 4) is 0 Å². The van der Waals surface area contributed by atoms with Crippen LogP contribution in [0.2, 0.25) is 0 Å². The molecule has 1 amide bonds. The van der Waals surface area contributed by atoms with Gasteiger partial charge >= 0.3 is 0 Å². The van der Waals surface area contributed by atoms with Crippen LogP contribution in [-0.4, -0.2) is 17.0 Å². The zero-order valence-electron chi connectivity index (χ0n) is 15.4. The van der Waals surface area contributed by atoms with Crippen LogP contribution in [0.3, 0.4) is 0 Å². The number of nitrogens with zero attached hydrogens (tertiary/aromatic N) is 1. The van der Waals surface area contributed by atoms with Crippen LogP contribution in [0, 0.1) is 0 Å². The molecule has 0 saturated heterocycles. The Morgan fingerprint density at radius 3 is 2.39 bits per heavy atom. The number of anilines is 1. The zero-order chi connectivity index (χ0) is 19.5. The summed E-state index contributed by atoms with van der Waals surface area (Å²) in [7, 11) is 0. The lowest BCUT2D eigenvalue weighted by Crippen LogP contribution is -2.17. The van der Waals surface area contributed by atoms with E-state index in [4.69, 9.17) is 5.73 Å². The summed E-state index contributed by atoms with van der Waals surface area (Å²) < 4.78 is 2.15. The predicted octanol–water partition coefficient (Wildman–Crippen LogP) is 3.49. The van der Waals surface area contributed by atoms with E-state index in [0.29, 0.717) is 23.0 Å². The number of hydrogen-bond acceptors (Lipinski definition) is 3. The first-order valence-corrected chi connectivity index (χ1v) is 9.26. The van der Waals surface area contributed by atoms with Gasteiger partial charge < -0.3 is 15.6 Å². The largest absolute Gasteiger partial charge is 0.336 e. The number of fused-ring (bicyclic) bond motifs is 2. The normalized spacial score (nSPS) is 11.0. The number of carbonyl (C=O) groups is 1. The minimum atomic E-state index is -0.160. The number of nitrogens with two attached hydrogens (primary N) is 1. The van der Waals surface area contributed by atoms with E-state index in [-0.39, 0.29) is 24.3 Å². The van der Waals surface area contributed by atoms with Crippen molar-refractivity contribution in [2.45, 2.75) is 13.0 Å². The highest BCUT2D eigenvalue weighted by Crippen LogP contribution is 2.23. The summed E-state index contributed by atoms with van der Waals surface area (Å²) in [5, 5.41) is 4.06. The summed E-state index contributed by atoms with van der Waals surface area (Å²) in [4.78, 5) is 25.0. The highest BCUT2D eigenvalue weighted by atomic mass is 16.1. The second-order valence-electron chi connectivity index (χ2n) is 6.74. The highest BCUT2D eigenvalue weighted by Gasteiger charge is 2.12. The third-order valence-electron chi connectivity index (χ3n) is 4.81. The van der Waals surface area contributed by atoms with Crippen molar-refractivity contribution in [2.24, 2.45) is 5.73 Å². The van der Waals surface area contributed by atoms with E-state index >= 15 is 0 Å². The second-order valence-corrected chi connectivity index (χ2v) is 6.74. The molecule has 0 bridgehead atoms. The molecule has 5 nitrogen and oxygen atoms in total. The van der Waals surface area contributed by atoms with Gasteiger partial charge in [-0.05, 0) is 35.9 Å². The number of aromatic nitrogens is 1. The standard InChI is InChI=1S/C23H21N3O2/c24-13-12-22(27)25-17-10-11-21-19(14-17)23(28)18-8-4-5-9-20(18)26(21)15-16-6-2-1-3-7-16/h1-11,14H,12-13,15,24H2,(H,25,27). The molecule has 0 atom stereocenters. The molecule has 0 spiro atoms. The van der Waals surface area contributed by atoms with Gasteiger partial charge in [0, 0.05) is 36.0 Å². The van der Waals surface area contributed by atoms with Crippen LogP contribution in [0.4, 0.5) is 5.69 Å². The maximum absolute atomic E-state index is 13.1. The maximum atomic E-state index is 13.1. The van der Waals surface area contributed by atoms with Crippen LogP contribution in [0.25, 0.3) is 21.8 Å². The fourth-order valence-electron chi connectivity index (χ4n) is 3.50. The third kappa shape index (κ3) is 3.40. The number of rotatable bonds is 5. The van der Waals surface area contributed by atoms with Crippen LogP contribution in [0.15, 0.2) is 77.6 Å². The molecule has 28 heavy (non-hydrogen) atoms. The molecule has 1 aromatic heterocycles. The van der Waals surface area contributed by atoms with Crippen molar-refractivity contribution in [3.05, 3.63) is 88.6 Å². The van der Waals surface area contributed by atoms with Crippen molar-refractivity contribution < 1.29 is 4.79 Å². The Morgan fingerprint density at radius 1 is 0.893 bits per heavy atom. The van der Waals surface area contributed by atoms with Crippen LogP contribution >= 0.6 is 0 Å². The molecular weight excluding hydrogens is 350 g/mol. The quantitative estimate of drug-likeness (QED) is 0.527. The SMILES string of the molecule is NCCC(=O)Nc1ccc2c(c1)c(=O)c1ccccc1n2Cc1ccccc1. The van der Waals surface area contributed by atoms with Crippen molar-refractivity contribution in [1.29, 1.82) is 0 Å². The lowest BCUT2D eigenvalue weighted by molar-refractivity contribution is -0.116. The van der Waals surface area contributed by atoms with Gasteiger partial charge in [-0.2, -0.15) is 0 Å². The smallest absolute Gasteiger partial charge is 0.225 e. The minimum Gasteiger partial charge on any atom is -0.336 e. The molecule has 3 aromatic carbocycles. The van der Waals surface area contributed by atoms with Crippen molar-refractivity contribution in [2.75, 3.05) is 11.9 Å².